The number of benzene rings is 1. The largest absolute Gasteiger partial charge is 0.467 e. The van der Waals surface area contributed by atoms with Gasteiger partial charge >= 0.3 is 5.97 Å². The van der Waals surface area contributed by atoms with E-state index in [1.165, 1.54) is 30.2 Å². The van der Waals surface area contributed by atoms with Crippen LogP contribution in [0.25, 0.3) is 0 Å². The number of furan rings is 1. The number of allylic oxidation sites excluding steroid dienone is 1. The summed E-state index contributed by atoms with van der Waals surface area (Å²) in [4.78, 5) is 25.6. The number of hydrogen-bond donors (Lipinski definition) is 1. The van der Waals surface area contributed by atoms with Crippen LogP contribution < -0.4 is 5.32 Å². The van der Waals surface area contributed by atoms with Crippen LogP contribution in [-0.2, 0) is 9.53 Å². The number of methoxy groups -OCH3 is 1. The SMILES string of the molecule is COC(=O)C1=C(C(=O)c2ccc(F)cc2)[C@H](c2ccco2)n2nnnc2N1. The zero-order valence-electron chi connectivity index (χ0n) is 13.9. The number of aromatic nitrogens is 4. The Balaban J connectivity index is 1.93. The van der Waals surface area contributed by atoms with Gasteiger partial charge in [-0.2, -0.15) is 4.68 Å². The Hall–Kier alpha value is -3.82. The lowest BCUT2D eigenvalue weighted by Gasteiger charge is -2.26. The molecule has 0 unspecified atom stereocenters. The summed E-state index contributed by atoms with van der Waals surface area (Å²) in [6.07, 6.45) is 1.43. The van der Waals surface area contributed by atoms with Crippen molar-refractivity contribution < 1.29 is 23.1 Å². The van der Waals surface area contributed by atoms with Crippen molar-refractivity contribution in [3.05, 3.63) is 71.1 Å². The zero-order chi connectivity index (χ0) is 19.0. The molecule has 1 aliphatic rings. The van der Waals surface area contributed by atoms with E-state index in [0.29, 0.717) is 5.76 Å². The molecule has 136 valence electrons. The Morgan fingerprint density at radius 3 is 2.70 bits per heavy atom. The van der Waals surface area contributed by atoms with E-state index in [9.17, 15) is 14.0 Å². The van der Waals surface area contributed by atoms with Crippen molar-refractivity contribution in [3.8, 4) is 0 Å². The molecule has 1 aromatic carbocycles. The maximum atomic E-state index is 13.3. The predicted molar refractivity (Wildman–Crippen MR) is 88.1 cm³/mol. The molecule has 0 aliphatic carbocycles. The summed E-state index contributed by atoms with van der Waals surface area (Å²) in [5, 5.41) is 14.0. The summed E-state index contributed by atoms with van der Waals surface area (Å²) in [6, 6.07) is 7.34. The summed E-state index contributed by atoms with van der Waals surface area (Å²) in [5.74, 6) is -1.29. The van der Waals surface area contributed by atoms with Crippen molar-refractivity contribution >= 4 is 17.7 Å². The second kappa shape index (κ2) is 6.48. The number of carbonyl (C=O) groups excluding carboxylic acids is 2. The van der Waals surface area contributed by atoms with E-state index >= 15 is 0 Å². The molecule has 1 atom stereocenters. The molecule has 2 aromatic heterocycles. The van der Waals surface area contributed by atoms with E-state index in [2.05, 4.69) is 20.8 Å². The monoisotopic (exact) mass is 369 g/mol. The van der Waals surface area contributed by atoms with Crippen molar-refractivity contribution in [2.24, 2.45) is 0 Å². The summed E-state index contributed by atoms with van der Waals surface area (Å²) in [5.41, 5.74) is 0.0846. The fourth-order valence-corrected chi connectivity index (χ4v) is 2.86. The molecule has 27 heavy (non-hydrogen) atoms. The van der Waals surface area contributed by atoms with Crippen LogP contribution in [0, 0.1) is 5.82 Å². The molecule has 1 N–H and O–H groups in total. The normalized spacial score (nSPS) is 15.9. The number of tetrazole rings is 1. The molecule has 0 saturated heterocycles. The number of carbonyl (C=O) groups is 2. The van der Waals surface area contributed by atoms with Crippen LogP contribution in [-0.4, -0.2) is 39.1 Å². The van der Waals surface area contributed by atoms with E-state index in [-0.39, 0.29) is 22.8 Å². The molecule has 3 aromatic rings. The number of nitrogens with zero attached hydrogens (tertiary/aromatic N) is 4. The molecular formula is C17H12FN5O4. The first-order chi connectivity index (χ1) is 13.1. The maximum absolute atomic E-state index is 13.3. The highest BCUT2D eigenvalue weighted by Gasteiger charge is 2.39. The van der Waals surface area contributed by atoms with E-state index < -0.39 is 23.6 Å². The molecular weight excluding hydrogens is 357 g/mol. The Bertz CT molecular complexity index is 1040. The van der Waals surface area contributed by atoms with E-state index in [0.717, 1.165) is 12.1 Å². The molecule has 0 spiro atoms. The number of fused-ring (bicyclic) bond motifs is 1. The second-order valence-corrected chi connectivity index (χ2v) is 5.61. The van der Waals surface area contributed by atoms with Gasteiger partial charge in [0.15, 0.2) is 5.78 Å². The van der Waals surface area contributed by atoms with Gasteiger partial charge in [-0.15, -0.1) is 0 Å². The van der Waals surface area contributed by atoms with E-state index in [1.807, 2.05) is 0 Å². The van der Waals surface area contributed by atoms with Crippen molar-refractivity contribution in [3.63, 3.8) is 0 Å². The lowest BCUT2D eigenvalue weighted by atomic mass is 9.92. The van der Waals surface area contributed by atoms with E-state index in [4.69, 9.17) is 9.15 Å². The number of halogens is 1. The molecule has 0 bridgehead atoms. The van der Waals surface area contributed by atoms with Crippen LogP contribution in [0.5, 0.6) is 0 Å². The van der Waals surface area contributed by atoms with Crippen molar-refractivity contribution in [1.29, 1.82) is 0 Å². The van der Waals surface area contributed by atoms with Gasteiger partial charge in [-0.1, -0.05) is 5.10 Å². The number of rotatable bonds is 4. The maximum Gasteiger partial charge on any atom is 0.355 e. The van der Waals surface area contributed by atoms with Crippen LogP contribution in [0.3, 0.4) is 0 Å². The van der Waals surface area contributed by atoms with Crippen molar-refractivity contribution in [1.82, 2.24) is 20.2 Å². The topological polar surface area (TPSA) is 112 Å². The summed E-state index contributed by atoms with van der Waals surface area (Å²) in [6.45, 7) is 0. The molecule has 0 saturated carbocycles. The third-order valence-corrected chi connectivity index (χ3v) is 4.07. The average molecular weight is 369 g/mol. The molecule has 0 radical (unpaired) electrons. The van der Waals surface area contributed by atoms with Gasteiger partial charge in [0.25, 0.3) is 0 Å². The van der Waals surface area contributed by atoms with Gasteiger partial charge in [0.2, 0.25) is 5.95 Å². The Morgan fingerprint density at radius 1 is 1.26 bits per heavy atom. The number of nitrogens with one attached hydrogen (secondary N) is 1. The number of anilines is 1. The van der Waals surface area contributed by atoms with Crippen molar-refractivity contribution in [2.45, 2.75) is 6.04 Å². The van der Waals surface area contributed by atoms with Gasteiger partial charge in [0.05, 0.1) is 18.9 Å². The highest BCUT2D eigenvalue weighted by atomic mass is 19.1. The zero-order valence-corrected chi connectivity index (χ0v) is 13.9. The molecule has 4 rings (SSSR count). The number of ether oxygens (including phenoxy) is 1. The minimum Gasteiger partial charge on any atom is -0.467 e. The summed E-state index contributed by atoms with van der Waals surface area (Å²) >= 11 is 0. The fourth-order valence-electron chi connectivity index (χ4n) is 2.86. The van der Waals surface area contributed by atoms with Gasteiger partial charge < -0.3 is 14.5 Å². The molecule has 3 heterocycles. The first kappa shape index (κ1) is 16.6. The van der Waals surface area contributed by atoms with Gasteiger partial charge in [-0.25, -0.2) is 9.18 Å². The van der Waals surface area contributed by atoms with Crippen LogP contribution >= 0.6 is 0 Å². The highest BCUT2D eigenvalue weighted by molar-refractivity contribution is 6.14. The van der Waals surface area contributed by atoms with Gasteiger partial charge in [-0.05, 0) is 46.8 Å². The minimum atomic E-state index is -0.905. The Kier molecular flexibility index (Phi) is 3.99. The predicted octanol–water partition coefficient (Wildman–Crippen LogP) is 1.73. The van der Waals surface area contributed by atoms with Crippen LogP contribution in [0.1, 0.15) is 22.2 Å². The molecule has 10 heteroatoms. The number of Topliss-reactive ketones (excluding diaryl/α,β-unsaturated/α-hetero) is 1. The average Bonchev–Trinajstić information content (AvgIpc) is 3.37. The quantitative estimate of drug-likeness (QED) is 0.547. The molecule has 0 amide bonds. The minimum absolute atomic E-state index is 0.0169. The van der Waals surface area contributed by atoms with E-state index in [1.54, 1.807) is 12.1 Å². The molecule has 9 nitrogen and oxygen atoms in total. The van der Waals surface area contributed by atoms with Crippen molar-refractivity contribution in [2.75, 3.05) is 12.4 Å². The summed E-state index contributed by atoms with van der Waals surface area (Å²) < 4.78 is 24.8. The Morgan fingerprint density at radius 2 is 2.04 bits per heavy atom. The lowest BCUT2D eigenvalue weighted by molar-refractivity contribution is -0.136. The standard InChI is InChI=1S/C17H12FN5O4/c1-26-16(25)13-12(15(24)9-4-6-10(18)7-5-9)14(11-3-2-8-27-11)23-17(19-13)20-21-22-23/h2-8,14H,1H3,(H,19,20,22)/t14-/m0/s1. The number of hydrogen-bond acceptors (Lipinski definition) is 8. The highest BCUT2D eigenvalue weighted by Crippen LogP contribution is 2.36. The van der Waals surface area contributed by atoms with Gasteiger partial charge in [0.1, 0.15) is 23.3 Å². The molecule has 1 aliphatic heterocycles. The van der Waals surface area contributed by atoms with Gasteiger partial charge in [-0.3, -0.25) is 4.79 Å². The third-order valence-electron chi connectivity index (χ3n) is 4.07. The number of ketones is 1. The molecule has 0 fully saturated rings. The van der Waals surface area contributed by atoms with Crippen LogP contribution in [0.2, 0.25) is 0 Å². The van der Waals surface area contributed by atoms with Crippen LogP contribution in [0.15, 0.2) is 58.3 Å². The second-order valence-electron chi connectivity index (χ2n) is 5.61. The fraction of sp³-hybridized carbons (Fsp3) is 0.118. The Labute approximate surface area is 151 Å². The first-order valence-electron chi connectivity index (χ1n) is 7.81. The third kappa shape index (κ3) is 2.76. The van der Waals surface area contributed by atoms with Crippen LogP contribution in [0.4, 0.5) is 10.3 Å². The van der Waals surface area contributed by atoms with Gasteiger partial charge in [0, 0.05) is 5.56 Å². The lowest BCUT2D eigenvalue weighted by Crippen LogP contribution is -2.32. The number of esters is 1. The smallest absolute Gasteiger partial charge is 0.355 e. The first-order valence-corrected chi connectivity index (χ1v) is 7.81. The summed E-state index contributed by atoms with van der Waals surface area (Å²) in [7, 11) is 1.19.